The van der Waals surface area contributed by atoms with Crippen molar-refractivity contribution in [3.05, 3.63) is 0 Å². The maximum atomic E-state index is 12.5. The Morgan fingerprint density at radius 1 is 1.21 bits per heavy atom. The first-order chi connectivity index (χ1) is 8.84. The molecule has 2 amide bonds. The molecule has 0 atom stereocenters. The van der Waals surface area contributed by atoms with Crippen LogP contribution in [0.2, 0.25) is 0 Å². The van der Waals surface area contributed by atoms with Gasteiger partial charge >= 0.3 is 6.03 Å². The van der Waals surface area contributed by atoms with Gasteiger partial charge in [0, 0.05) is 18.6 Å². The van der Waals surface area contributed by atoms with Crippen LogP contribution in [0.4, 0.5) is 4.79 Å². The Morgan fingerprint density at radius 3 is 2.11 bits per heavy atom. The number of hydrogen-bond acceptors (Lipinski definition) is 2. The third-order valence-corrected chi connectivity index (χ3v) is 4.03. The maximum Gasteiger partial charge on any atom is 0.318 e. The first-order valence-electron chi connectivity index (χ1n) is 7.64. The Morgan fingerprint density at radius 2 is 1.74 bits per heavy atom. The van der Waals surface area contributed by atoms with Crippen LogP contribution in [0.15, 0.2) is 0 Å². The molecule has 19 heavy (non-hydrogen) atoms. The lowest BCUT2D eigenvalue weighted by molar-refractivity contribution is 0.102. The highest BCUT2D eigenvalue weighted by atomic mass is 16.2. The van der Waals surface area contributed by atoms with Gasteiger partial charge in [0.2, 0.25) is 0 Å². The lowest BCUT2D eigenvalue weighted by atomic mass is 9.88. The Hall–Kier alpha value is -0.770. The third-order valence-electron chi connectivity index (χ3n) is 4.03. The van der Waals surface area contributed by atoms with E-state index in [0.29, 0.717) is 6.54 Å². The van der Waals surface area contributed by atoms with Crippen LogP contribution in [0.1, 0.15) is 66.2 Å². The fourth-order valence-electron chi connectivity index (χ4n) is 3.05. The largest absolute Gasteiger partial charge is 0.333 e. The van der Waals surface area contributed by atoms with E-state index < -0.39 is 0 Å². The van der Waals surface area contributed by atoms with Crippen molar-refractivity contribution < 1.29 is 4.79 Å². The molecule has 1 aliphatic carbocycles. The van der Waals surface area contributed by atoms with Crippen molar-refractivity contribution in [3.8, 4) is 0 Å². The van der Waals surface area contributed by atoms with E-state index in [2.05, 4.69) is 5.32 Å². The average Bonchev–Trinajstić information content (AvgIpc) is 2.54. The Labute approximate surface area is 118 Å². The van der Waals surface area contributed by atoms with E-state index >= 15 is 0 Å². The standard InChI is InChI=1S/C15H31N3O/c1-5-18(13(19)17-14(2,3)4)15(12-16)10-8-6-7-9-11-15/h5-12,16H2,1-4H3,(H,17,19). The number of carbonyl (C=O) groups excluding carboxylic acids is 1. The molecule has 4 heteroatoms. The van der Waals surface area contributed by atoms with Crippen molar-refractivity contribution >= 4 is 6.03 Å². The summed E-state index contributed by atoms with van der Waals surface area (Å²) in [7, 11) is 0. The molecule has 0 aromatic rings. The topological polar surface area (TPSA) is 58.4 Å². The molecule has 0 aromatic heterocycles. The summed E-state index contributed by atoms with van der Waals surface area (Å²) in [5, 5.41) is 3.08. The number of hydrogen-bond donors (Lipinski definition) is 2. The van der Waals surface area contributed by atoms with Crippen molar-refractivity contribution in [2.24, 2.45) is 5.73 Å². The van der Waals surface area contributed by atoms with Crippen LogP contribution < -0.4 is 11.1 Å². The molecule has 4 nitrogen and oxygen atoms in total. The summed E-state index contributed by atoms with van der Waals surface area (Å²) in [5.74, 6) is 0. The molecule has 0 aromatic carbocycles. The molecule has 0 heterocycles. The van der Waals surface area contributed by atoms with Crippen LogP contribution in [0, 0.1) is 0 Å². The number of nitrogens with one attached hydrogen (secondary N) is 1. The molecule has 1 saturated carbocycles. The zero-order valence-corrected chi connectivity index (χ0v) is 13.1. The quantitative estimate of drug-likeness (QED) is 0.774. The van der Waals surface area contributed by atoms with Crippen molar-refractivity contribution in [3.63, 3.8) is 0 Å². The molecule has 0 unspecified atom stereocenters. The number of urea groups is 1. The molecule has 0 spiro atoms. The molecular formula is C15H31N3O. The van der Waals surface area contributed by atoms with Gasteiger partial charge in [-0.2, -0.15) is 0 Å². The van der Waals surface area contributed by atoms with Crippen molar-refractivity contribution in [1.82, 2.24) is 10.2 Å². The van der Waals surface area contributed by atoms with Gasteiger partial charge in [0.05, 0.1) is 5.54 Å². The van der Waals surface area contributed by atoms with Gasteiger partial charge in [-0.1, -0.05) is 25.7 Å². The van der Waals surface area contributed by atoms with Gasteiger partial charge in [-0.25, -0.2) is 4.79 Å². The fraction of sp³-hybridized carbons (Fsp3) is 0.933. The third kappa shape index (κ3) is 4.37. The van der Waals surface area contributed by atoms with E-state index in [0.717, 1.165) is 19.4 Å². The van der Waals surface area contributed by atoms with Crippen molar-refractivity contribution in [2.45, 2.75) is 77.3 Å². The monoisotopic (exact) mass is 269 g/mol. The molecule has 0 aliphatic heterocycles. The van der Waals surface area contributed by atoms with E-state index in [1.807, 2.05) is 32.6 Å². The lowest BCUT2D eigenvalue weighted by Gasteiger charge is -2.43. The number of likely N-dealkylation sites (N-methyl/N-ethyl adjacent to an activating group) is 1. The minimum atomic E-state index is -0.203. The minimum Gasteiger partial charge on any atom is -0.333 e. The highest BCUT2D eigenvalue weighted by Gasteiger charge is 2.38. The number of amides is 2. The molecule has 0 bridgehead atoms. The molecule has 112 valence electrons. The second-order valence-corrected chi connectivity index (χ2v) is 6.77. The van der Waals surface area contributed by atoms with Gasteiger partial charge in [0.1, 0.15) is 0 Å². The van der Waals surface area contributed by atoms with Crippen LogP contribution in [0.25, 0.3) is 0 Å². The van der Waals surface area contributed by atoms with E-state index in [9.17, 15) is 4.79 Å². The van der Waals surface area contributed by atoms with Crippen molar-refractivity contribution in [1.29, 1.82) is 0 Å². The molecular weight excluding hydrogens is 238 g/mol. The zero-order chi connectivity index (χ0) is 14.5. The smallest absolute Gasteiger partial charge is 0.318 e. The van der Waals surface area contributed by atoms with Gasteiger partial charge in [0.15, 0.2) is 0 Å². The number of nitrogens with zero attached hydrogens (tertiary/aromatic N) is 1. The van der Waals surface area contributed by atoms with Gasteiger partial charge in [-0.3, -0.25) is 0 Å². The van der Waals surface area contributed by atoms with Gasteiger partial charge in [-0.05, 0) is 40.5 Å². The molecule has 3 N–H and O–H groups in total. The van der Waals surface area contributed by atoms with Crippen LogP contribution in [-0.2, 0) is 0 Å². The van der Waals surface area contributed by atoms with Crippen LogP contribution >= 0.6 is 0 Å². The number of rotatable bonds is 3. The second-order valence-electron chi connectivity index (χ2n) is 6.77. The molecule has 0 saturated heterocycles. The van der Waals surface area contributed by atoms with Crippen molar-refractivity contribution in [2.75, 3.05) is 13.1 Å². The van der Waals surface area contributed by atoms with E-state index in [1.165, 1.54) is 25.7 Å². The fourth-order valence-corrected chi connectivity index (χ4v) is 3.05. The lowest BCUT2D eigenvalue weighted by Crippen LogP contribution is -2.60. The van der Waals surface area contributed by atoms with Crippen LogP contribution in [0.5, 0.6) is 0 Å². The zero-order valence-electron chi connectivity index (χ0n) is 13.1. The second kappa shape index (κ2) is 6.60. The number of carbonyl (C=O) groups is 1. The Kier molecular flexibility index (Phi) is 5.65. The van der Waals surface area contributed by atoms with Gasteiger partial charge in [-0.15, -0.1) is 0 Å². The Bertz CT molecular complexity index is 288. The number of nitrogens with two attached hydrogens (primary N) is 1. The maximum absolute atomic E-state index is 12.5. The Balaban J connectivity index is 2.87. The highest BCUT2D eigenvalue weighted by molar-refractivity contribution is 5.76. The summed E-state index contributed by atoms with van der Waals surface area (Å²) in [6.07, 6.45) is 6.96. The molecule has 1 fully saturated rings. The van der Waals surface area contributed by atoms with Gasteiger partial charge < -0.3 is 16.0 Å². The summed E-state index contributed by atoms with van der Waals surface area (Å²) in [4.78, 5) is 14.5. The predicted octanol–water partition coefficient (Wildman–Crippen LogP) is 2.87. The van der Waals surface area contributed by atoms with E-state index in [4.69, 9.17) is 5.73 Å². The van der Waals surface area contributed by atoms with E-state index in [-0.39, 0.29) is 17.1 Å². The first kappa shape index (κ1) is 16.3. The SMILES string of the molecule is CCN(C(=O)NC(C)(C)C)C1(CN)CCCCCC1. The normalized spacial score (nSPS) is 19.6. The summed E-state index contributed by atoms with van der Waals surface area (Å²) in [5.41, 5.74) is 5.72. The average molecular weight is 269 g/mol. The first-order valence-corrected chi connectivity index (χ1v) is 7.64. The highest BCUT2D eigenvalue weighted by Crippen LogP contribution is 2.32. The summed E-state index contributed by atoms with van der Waals surface area (Å²) < 4.78 is 0. The molecule has 1 rings (SSSR count). The summed E-state index contributed by atoms with van der Waals surface area (Å²) in [6.45, 7) is 9.38. The van der Waals surface area contributed by atoms with Gasteiger partial charge in [0.25, 0.3) is 0 Å². The molecule has 1 aliphatic rings. The van der Waals surface area contributed by atoms with Crippen LogP contribution in [-0.4, -0.2) is 35.1 Å². The molecule has 0 radical (unpaired) electrons. The summed E-state index contributed by atoms with van der Waals surface area (Å²) in [6, 6.07) is 0.0300. The van der Waals surface area contributed by atoms with E-state index in [1.54, 1.807) is 0 Å². The van der Waals surface area contributed by atoms with Crippen LogP contribution in [0.3, 0.4) is 0 Å². The minimum absolute atomic E-state index is 0.0300. The summed E-state index contributed by atoms with van der Waals surface area (Å²) >= 11 is 0. The predicted molar refractivity (Wildman–Crippen MR) is 80.2 cm³/mol.